The minimum atomic E-state index is -0.788. The first kappa shape index (κ1) is 21.8. The predicted molar refractivity (Wildman–Crippen MR) is 121 cm³/mol. The number of rotatable bonds is 5. The van der Waals surface area contributed by atoms with Crippen LogP contribution in [0, 0.1) is 11.3 Å². The lowest BCUT2D eigenvalue weighted by atomic mass is 10.0. The first-order valence-corrected chi connectivity index (χ1v) is 10.8. The Hall–Kier alpha value is -3.41. The molecule has 1 atom stereocenters. The summed E-state index contributed by atoms with van der Waals surface area (Å²) in [6.07, 6.45) is 1.00. The fourth-order valence-corrected chi connectivity index (χ4v) is 4.28. The largest absolute Gasteiger partial charge is 0.379 e. The number of nitriles is 1. The Balaban J connectivity index is 1.46. The summed E-state index contributed by atoms with van der Waals surface area (Å²) in [6, 6.07) is 15.0. The number of hydrogen-bond donors (Lipinski definition) is 2. The average molecular weight is 434 g/mol. The summed E-state index contributed by atoms with van der Waals surface area (Å²) in [7, 11) is 2.09. The van der Waals surface area contributed by atoms with Gasteiger partial charge in [-0.25, -0.2) is 0 Å². The van der Waals surface area contributed by atoms with E-state index in [4.69, 9.17) is 4.74 Å². The van der Waals surface area contributed by atoms with E-state index in [9.17, 15) is 14.9 Å². The summed E-state index contributed by atoms with van der Waals surface area (Å²) < 4.78 is 5.50. The first-order valence-electron chi connectivity index (χ1n) is 10.8. The first-order chi connectivity index (χ1) is 15.6. The predicted octanol–water partition coefficient (Wildman–Crippen LogP) is 1.68. The van der Waals surface area contributed by atoms with E-state index in [1.165, 1.54) is 11.3 Å². The molecule has 8 nitrogen and oxygen atoms in total. The number of benzene rings is 2. The standard InChI is InChI=1S/C24H27N5O3/c1-28-9-8-18-14-17(6-7-21(18)28)22(29-10-12-32-13-11-29)16-26-23(30)24(31)27-20-5-3-2-4-19(20)15-25/h2-7,14,22H,8-13,16H2,1H3,(H,26,30)(H,27,31)/t22-/m1/s1. The second-order valence-corrected chi connectivity index (χ2v) is 8.05. The van der Waals surface area contributed by atoms with Crippen LogP contribution in [0.25, 0.3) is 0 Å². The van der Waals surface area contributed by atoms with Crippen LogP contribution in [0.2, 0.25) is 0 Å². The van der Waals surface area contributed by atoms with Crippen molar-refractivity contribution in [3.05, 3.63) is 59.2 Å². The maximum atomic E-state index is 12.5. The van der Waals surface area contributed by atoms with Crippen molar-refractivity contribution >= 4 is 23.2 Å². The highest BCUT2D eigenvalue weighted by Gasteiger charge is 2.26. The van der Waals surface area contributed by atoms with Gasteiger partial charge in [-0.15, -0.1) is 0 Å². The van der Waals surface area contributed by atoms with E-state index < -0.39 is 11.8 Å². The number of para-hydroxylation sites is 1. The van der Waals surface area contributed by atoms with Crippen molar-refractivity contribution in [1.82, 2.24) is 10.2 Å². The molecule has 2 aliphatic heterocycles. The summed E-state index contributed by atoms with van der Waals surface area (Å²) in [5.74, 6) is -1.51. The van der Waals surface area contributed by atoms with Crippen molar-refractivity contribution < 1.29 is 14.3 Å². The Morgan fingerprint density at radius 2 is 1.91 bits per heavy atom. The van der Waals surface area contributed by atoms with Gasteiger partial charge in [0, 0.05) is 38.9 Å². The monoisotopic (exact) mass is 433 g/mol. The van der Waals surface area contributed by atoms with Crippen LogP contribution in [0.1, 0.15) is 22.7 Å². The van der Waals surface area contributed by atoms with Crippen LogP contribution >= 0.6 is 0 Å². The second-order valence-electron chi connectivity index (χ2n) is 8.05. The highest BCUT2D eigenvalue weighted by atomic mass is 16.5. The third-order valence-electron chi connectivity index (χ3n) is 6.06. The summed E-state index contributed by atoms with van der Waals surface area (Å²) >= 11 is 0. The molecule has 0 radical (unpaired) electrons. The molecule has 32 heavy (non-hydrogen) atoms. The molecule has 2 heterocycles. The van der Waals surface area contributed by atoms with Crippen LogP contribution in [0.5, 0.6) is 0 Å². The highest BCUT2D eigenvalue weighted by molar-refractivity contribution is 6.39. The number of amides is 2. The number of fused-ring (bicyclic) bond motifs is 1. The molecule has 2 aliphatic rings. The van der Waals surface area contributed by atoms with Crippen LogP contribution in [0.3, 0.4) is 0 Å². The van der Waals surface area contributed by atoms with Gasteiger partial charge in [-0.05, 0) is 35.7 Å². The number of carbonyl (C=O) groups excluding carboxylic acids is 2. The van der Waals surface area contributed by atoms with Crippen LogP contribution in [0.4, 0.5) is 11.4 Å². The van der Waals surface area contributed by atoms with Crippen LogP contribution in [-0.2, 0) is 20.7 Å². The van der Waals surface area contributed by atoms with E-state index in [1.54, 1.807) is 24.3 Å². The van der Waals surface area contributed by atoms with Crippen molar-refractivity contribution in [2.24, 2.45) is 0 Å². The van der Waals surface area contributed by atoms with Crippen molar-refractivity contribution in [3.8, 4) is 6.07 Å². The zero-order valence-electron chi connectivity index (χ0n) is 18.1. The Morgan fingerprint density at radius 1 is 1.12 bits per heavy atom. The molecule has 2 amide bonds. The number of hydrogen-bond acceptors (Lipinski definition) is 6. The third-order valence-corrected chi connectivity index (χ3v) is 6.06. The molecule has 8 heteroatoms. The van der Waals surface area contributed by atoms with E-state index in [0.717, 1.165) is 31.6 Å². The molecule has 0 unspecified atom stereocenters. The smallest absolute Gasteiger partial charge is 0.313 e. The lowest BCUT2D eigenvalue weighted by Crippen LogP contribution is -2.45. The average Bonchev–Trinajstić information content (AvgIpc) is 3.20. The topological polar surface area (TPSA) is 97.7 Å². The number of anilines is 2. The van der Waals surface area contributed by atoms with Crippen LogP contribution in [-0.4, -0.2) is 63.2 Å². The van der Waals surface area contributed by atoms with E-state index in [0.29, 0.717) is 31.0 Å². The van der Waals surface area contributed by atoms with Crippen molar-refractivity contribution in [2.75, 3.05) is 56.7 Å². The molecule has 2 aromatic rings. The molecule has 2 N–H and O–H groups in total. The third kappa shape index (κ3) is 4.74. The Labute approximate surface area is 187 Å². The van der Waals surface area contributed by atoms with Gasteiger partial charge in [0.1, 0.15) is 6.07 Å². The molecule has 166 valence electrons. The van der Waals surface area contributed by atoms with E-state index in [-0.39, 0.29) is 6.04 Å². The number of carbonyl (C=O) groups is 2. The van der Waals surface area contributed by atoms with Crippen molar-refractivity contribution in [3.63, 3.8) is 0 Å². The molecule has 1 saturated heterocycles. The van der Waals surface area contributed by atoms with Gasteiger partial charge in [0.2, 0.25) is 0 Å². The normalized spacial score (nSPS) is 16.7. The van der Waals surface area contributed by atoms with Gasteiger partial charge in [-0.3, -0.25) is 14.5 Å². The van der Waals surface area contributed by atoms with Gasteiger partial charge < -0.3 is 20.3 Å². The zero-order valence-corrected chi connectivity index (χ0v) is 18.1. The molecule has 0 aromatic heterocycles. The van der Waals surface area contributed by atoms with Crippen molar-refractivity contribution in [2.45, 2.75) is 12.5 Å². The zero-order chi connectivity index (χ0) is 22.5. The van der Waals surface area contributed by atoms with Gasteiger partial charge in [0.15, 0.2) is 0 Å². The van der Waals surface area contributed by atoms with Gasteiger partial charge in [-0.1, -0.05) is 24.3 Å². The van der Waals surface area contributed by atoms with Gasteiger partial charge in [0.25, 0.3) is 0 Å². The van der Waals surface area contributed by atoms with Crippen molar-refractivity contribution in [1.29, 1.82) is 5.26 Å². The number of nitrogens with zero attached hydrogens (tertiary/aromatic N) is 3. The molecule has 2 aromatic carbocycles. The van der Waals surface area contributed by atoms with E-state index >= 15 is 0 Å². The maximum absolute atomic E-state index is 12.5. The molecule has 0 aliphatic carbocycles. The quantitative estimate of drug-likeness (QED) is 0.697. The maximum Gasteiger partial charge on any atom is 0.313 e. The van der Waals surface area contributed by atoms with E-state index in [1.807, 2.05) is 6.07 Å². The molecule has 4 rings (SSSR count). The molecule has 0 spiro atoms. The fourth-order valence-electron chi connectivity index (χ4n) is 4.28. The lowest BCUT2D eigenvalue weighted by molar-refractivity contribution is -0.136. The van der Waals surface area contributed by atoms with Crippen LogP contribution < -0.4 is 15.5 Å². The van der Waals surface area contributed by atoms with Gasteiger partial charge >= 0.3 is 11.8 Å². The SMILES string of the molecule is CN1CCc2cc([C@@H](CNC(=O)C(=O)Nc3ccccc3C#N)N3CCOCC3)ccc21. The number of ether oxygens (including phenoxy) is 1. The summed E-state index contributed by atoms with van der Waals surface area (Å²) in [4.78, 5) is 29.5. The molecule has 1 fully saturated rings. The summed E-state index contributed by atoms with van der Waals surface area (Å²) in [5, 5.41) is 14.5. The Bertz CT molecular complexity index is 1040. The Kier molecular flexibility index (Phi) is 6.69. The molecular weight excluding hydrogens is 406 g/mol. The molecule has 0 bridgehead atoms. The number of morpholine rings is 1. The lowest BCUT2D eigenvalue weighted by Gasteiger charge is -2.35. The van der Waals surface area contributed by atoms with E-state index in [2.05, 4.69) is 45.7 Å². The minimum absolute atomic E-state index is 0.0572. The Morgan fingerprint density at radius 3 is 2.69 bits per heavy atom. The second kappa shape index (κ2) is 9.81. The fraction of sp³-hybridized carbons (Fsp3) is 0.375. The molecule has 0 saturated carbocycles. The van der Waals surface area contributed by atoms with Gasteiger partial charge in [-0.2, -0.15) is 5.26 Å². The summed E-state index contributed by atoms with van der Waals surface area (Å²) in [5.41, 5.74) is 4.30. The minimum Gasteiger partial charge on any atom is -0.379 e. The summed E-state index contributed by atoms with van der Waals surface area (Å²) in [6.45, 7) is 4.12. The van der Waals surface area contributed by atoms with Crippen LogP contribution in [0.15, 0.2) is 42.5 Å². The number of likely N-dealkylation sites (N-methyl/N-ethyl adjacent to an activating group) is 1. The number of nitrogens with one attached hydrogen (secondary N) is 2. The highest BCUT2D eigenvalue weighted by Crippen LogP contribution is 2.31. The molecular formula is C24H27N5O3. The van der Waals surface area contributed by atoms with Gasteiger partial charge in [0.05, 0.1) is 30.5 Å².